The van der Waals surface area contributed by atoms with Crippen LogP contribution in [0.25, 0.3) is 0 Å². The van der Waals surface area contributed by atoms with Gasteiger partial charge in [0.15, 0.2) is 0 Å². The highest BCUT2D eigenvalue weighted by atomic mass is 16.5. The Morgan fingerprint density at radius 1 is 1.25 bits per heavy atom. The van der Waals surface area contributed by atoms with Gasteiger partial charge in [0.1, 0.15) is 12.4 Å². The molecular formula is C10H13O2. The molecule has 0 amide bonds. The summed E-state index contributed by atoms with van der Waals surface area (Å²) in [6.07, 6.45) is 0. The minimum absolute atomic E-state index is 0.522. The van der Waals surface area contributed by atoms with E-state index in [0.717, 1.165) is 11.3 Å². The largest absolute Gasteiger partial charge is 0.491 e. The molecule has 0 aliphatic rings. The van der Waals surface area contributed by atoms with Crippen molar-refractivity contribution in [1.29, 1.82) is 0 Å². The van der Waals surface area contributed by atoms with Crippen molar-refractivity contribution >= 4 is 0 Å². The van der Waals surface area contributed by atoms with E-state index < -0.39 is 0 Å². The molecule has 0 unspecified atom stereocenters. The van der Waals surface area contributed by atoms with E-state index in [-0.39, 0.29) is 0 Å². The average Bonchev–Trinajstić information content (AvgIpc) is 2.09. The lowest BCUT2D eigenvalue weighted by Gasteiger charge is -2.07. The van der Waals surface area contributed by atoms with Gasteiger partial charge in [-0.15, -0.1) is 0 Å². The lowest BCUT2D eigenvalue weighted by Crippen LogP contribution is -2.04. The molecule has 2 nitrogen and oxygen atoms in total. The van der Waals surface area contributed by atoms with Crippen LogP contribution in [0.2, 0.25) is 0 Å². The highest BCUT2D eigenvalue weighted by Crippen LogP contribution is 2.15. The number of aryl methyl sites for hydroxylation is 1. The molecule has 0 N–H and O–H groups in total. The van der Waals surface area contributed by atoms with Crippen molar-refractivity contribution in [3.8, 4) is 5.75 Å². The fourth-order valence-electron chi connectivity index (χ4n) is 0.929. The zero-order valence-electron chi connectivity index (χ0n) is 7.25. The van der Waals surface area contributed by atoms with Gasteiger partial charge in [0.2, 0.25) is 0 Å². The van der Waals surface area contributed by atoms with Gasteiger partial charge < -0.3 is 9.47 Å². The number of hydrogen-bond acceptors (Lipinski definition) is 2. The maximum atomic E-state index is 5.41. The van der Waals surface area contributed by atoms with Gasteiger partial charge in [-0.2, -0.15) is 0 Å². The maximum absolute atomic E-state index is 5.41. The molecule has 0 bridgehead atoms. The standard InChI is InChI=1S/C10H13O2/c1-9-5-3-4-6-10(9)12-8-7-11-2/h3-6H,2,7-8H2,1H3. The van der Waals surface area contributed by atoms with Gasteiger partial charge in [0.05, 0.1) is 13.7 Å². The van der Waals surface area contributed by atoms with Crippen LogP contribution in [0.1, 0.15) is 5.56 Å². The monoisotopic (exact) mass is 165 g/mol. The van der Waals surface area contributed by atoms with E-state index in [1.165, 1.54) is 0 Å². The average molecular weight is 165 g/mol. The van der Waals surface area contributed by atoms with E-state index in [2.05, 4.69) is 11.8 Å². The van der Waals surface area contributed by atoms with Gasteiger partial charge in [0.25, 0.3) is 0 Å². The molecular weight excluding hydrogens is 152 g/mol. The van der Waals surface area contributed by atoms with Gasteiger partial charge in [-0.1, -0.05) is 18.2 Å². The summed E-state index contributed by atoms with van der Waals surface area (Å²) in [5, 5.41) is 0. The third-order valence-corrected chi connectivity index (χ3v) is 1.58. The van der Waals surface area contributed by atoms with E-state index >= 15 is 0 Å². The Labute approximate surface area is 73.1 Å². The SMILES string of the molecule is [CH2]OCCOc1ccccc1C. The zero-order chi connectivity index (χ0) is 8.81. The third-order valence-electron chi connectivity index (χ3n) is 1.58. The van der Waals surface area contributed by atoms with Crippen molar-refractivity contribution in [3.63, 3.8) is 0 Å². The summed E-state index contributed by atoms with van der Waals surface area (Å²) in [4.78, 5) is 0. The van der Waals surface area contributed by atoms with E-state index in [1.54, 1.807) is 0 Å². The Hall–Kier alpha value is -1.02. The van der Waals surface area contributed by atoms with Crippen LogP contribution in [0.15, 0.2) is 24.3 Å². The topological polar surface area (TPSA) is 18.5 Å². The van der Waals surface area contributed by atoms with Crippen molar-refractivity contribution in [2.45, 2.75) is 6.92 Å². The molecule has 0 saturated heterocycles. The number of ether oxygens (including phenoxy) is 2. The zero-order valence-corrected chi connectivity index (χ0v) is 7.25. The molecule has 12 heavy (non-hydrogen) atoms. The number of para-hydroxylation sites is 1. The Bertz CT molecular complexity index is 233. The Morgan fingerprint density at radius 3 is 2.67 bits per heavy atom. The predicted molar refractivity (Wildman–Crippen MR) is 48.0 cm³/mol. The first kappa shape index (κ1) is 9.07. The van der Waals surface area contributed by atoms with Crippen molar-refractivity contribution in [2.24, 2.45) is 0 Å². The quantitative estimate of drug-likeness (QED) is 0.637. The lowest BCUT2D eigenvalue weighted by atomic mass is 10.2. The molecule has 1 radical (unpaired) electrons. The molecule has 1 aromatic carbocycles. The first-order valence-electron chi connectivity index (χ1n) is 3.90. The number of benzene rings is 1. The van der Waals surface area contributed by atoms with Crippen LogP contribution in [0.4, 0.5) is 0 Å². The van der Waals surface area contributed by atoms with E-state index in [4.69, 9.17) is 4.74 Å². The molecule has 1 rings (SSSR count). The fraction of sp³-hybridized carbons (Fsp3) is 0.300. The molecule has 0 aliphatic heterocycles. The summed E-state index contributed by atoms with van der Waals surface area (Å²) in [5.41, 5.74) is 1.14. The van der Waals surface area contributed by atoms with Gasteiger partial charge in [-0.3, -0.25) is 0 Å². The molecule has 0 heterocycles. The second kappa shape index (κ2) is 4.78. The summed E-state index contributed by atoms with van der Waals surface area (Å²) in [6, 6.07) is 7.90. The molecule has 0 saturated carbocycles. The Kier molecular flexibility index (Phi) is 3.61. The summed E-state index contributed by atoms with van der Waals surface area (Å²) in [7, 11) is 3.26. The maximum Gasteiger partial charge on any atom is 0.122 e. The van der Waals surface area contributed by atoms with Crippen molar-refractivity contribution in [3.05, 3.63) is 36.9 Å². The normalized spacial score (nSPS) is 9.83. The van der Waals surface area contributed by atoms with E-state index in [0.29, 0.717) is 13.2 Å². The van der Waals surface area contributed by atoms with Crippen LogP contribution >= 0.6 is 0 Å². The fourth-order valence-corrected chi connectivity index (χ4v) is 0.929. The number of hydrogen-bond donors (Lipinski definition) is 0. The first-order valence-corrected chi connectivity index (χ1v) is 3.90. The minimum atomic E-state index is 0.522. The molecule has 0 aliphatic carbocycles. The molecule has 0 atom stereocenters. The molecule has 1 aromatic rings. The highest BCUT2D eigenvalue weighted by Gasteiger charge is 1.95. The van der Waals surface area contributed by atoms with E-state index in [9.17, 15) is 0 Å². The Morgan fingerprint density at radius 2 is 2.00 bits per heavy atom. The predicted octanol–water partition coefficient (Wildman–Crippen LogP) is 2.18. The smallest absolute Gasteiger partial charge is 0.122 e. The summed E-state index contributed by atoms with van der Waals surface area (Å²) >= 11 is 0. The van der Waals surface area contributed by atoms with Crippen LogP contribution in [-0.4, -0.2) is 13.2 Å². The van der Waals surface area contributed by atoms with Gasteiger partial charge in [-0.05, 0) is 18.6 Å². The van der Waals surface area contributed by atoms with Crippen LogP contribution in [0.3, 0.4) is 0 Å². The summed E-state index contributed by atoms with van der Waals surface area (Å²) < 4.78 is 10.0. The summed E-state index contributed by atoms with van der Waals surface area (Å²) in [5.74, 6) is 0.912. The molecule has 65 valence electrons. The molecule has 0 spiro atoms. The van der Waals surface area contributed by atoms with Crippen LogP contribution in [0, 0.1) is 14.0 Å². The van der Waals surface area contributed by atoms with Gasteiger partial charge in [-0.25, -0.2) is 0 Å². The minimum Gasteiger partial charge on any atom is -0.491 e. The highest BCUT2D eigenvalue weighted by molar-refractivity contribution is 5.31. The first-order chi connectivity index (χ1) is 5.84. The van der Waals surface area contributed by atoms with Crippen LogP contribution in [-0.2, 0) is 4.74 Å². The van der Waals surface area contributed by atoms with Gasteiger partial charge in [0, 0.05) is 0 Å². The third kappa shape index (κ3) is 2.55. The number of rotatable bonds is 4. The van der Waals surface area contributed by atoms with Crippen molar-refractivity contribution < 1.29 is 9.47 Å². The van der Waals surface area contributed by atoms with Crippen LogP contribution < -0.4 is 4.74 Å². The van der Waals surface area contributed by atoms with Crippen molar-refractivity contribution in [2.75, 3.05) is 13.2 Å². The molecule has 0 fully saturated rings. The van der Waals surface area contributed by atoms with Gasteiger partial charge >= 0.3 is 0 Å². The molecule has 2 heteroatoms. The van der Waals surface area contributed by atoms with Crippen molar-refractivity contribution in [1.82, 2.24) is 0 Å². The second-order valence-electron chi connectivity index (χ2n) is 2.52. The van der Waals surface area contributed by atoms with E-state index in [1.807, 2.05) is 31.2 Å². The lowest BCUT2D eigenvalue weighted by molar-refractivity contribution is 0.174. The summed E-state index contributed by atoms with van der Waals surface area (Å²) in [6.45, 7) is 3.09. The molecule has 0 aromatic heterocycles. The van der Waals surface area contributed by atoms with Crippen LogP contribution in [0.5, 0.6) is 5.75 Å². The second-order valence-corrected chi connectivity index (χ2v) is 2.52. The Balaban J connectivity index is 2.46.